The molecule has 3 atom stereocenters. The van der Waals surface area contributed by atoms with Crippen LogP contribution in [0.25, 0.3) is 0 Å². The number of aliphatic hydroxyl groups is 1. The topological polar surface area (TPSA) is 56.7 Å². The Morgan fingerprint density at radius 1 is 1.35 bits per heavy atom. The van der Waals surface area contributed by atoms with E-state index in [2.05, 4.69) is 48.2 Å². The van der Waals surface area contributed by atoms with Crippen molar-refractivity contribution in [3.05, 3.63) is 0 Å². The highest BCUT2D eigenvalue weighted by Crippen LogP contribution is 2.41. The summed E-state index contributed by atoms with van der Waals surface area (Å²) in [4.78, 5) is 4.65. The van der Waals surface area contributed by atoms with Gasteiger partial charge < -0.3 is 15.7 Å². The lowest BCUT2D eigenvalue weighted by molar-refractivity contribution is -0.0154. The monoisotopic (exact) mass is 473 g/mol. The van der Waals surface area contributed by atoms with E-state index >= 15 is 0 Å². The number of halogens is 1. The molecule has 1 aliphatic carbocycles. The van der Waals surface area contributed by atoms with Crippen LogP contribution in [0, 0.1) is 0 Å². The van der Waals surface area contributed by atoms with E-state index in [0.717, 1.165) is 37.6 Å². The molecule has 1 saturated carbocycles. The van der Waals surface area contributed by atoms with Crippen LogP contribution in [0.5, 0.6) is 0 Å². The maximum absolute atomic E-state index is 10.7. The molecule has 136 valence electrons. The number of hydrogen-bond acceptors (Lipinski definition) is 4. The Labute approximate surface area is 166 Å². The first kappa shape index (κ1) is 21.7. The van der Waals surface area contributed by atoms with Crippen molar-refractivity contribution in [2.45, 2.75) is 62.1 Å². The molecule has 2 aliphatic rings. The quantitative estimate of drug-likeness (QED) is 0.302. The largest absolute Gasteiger partial charge is 0.387 e. The Kier molecular flexibility index (Phi) is 9.40. The summed E-state index contributed by atoms with van der Waals surface area (Å²) in [6, 6.07) is 0. The Morgan fingerprint density at radius 2 is 2.13 bits per heavy atom. The second kappa shape index (κ2) is 9.97. The fraction of sp³-hybridized carbons (Fsp3) is 0.938. The Bertz CT molecular complexity index is 392. The van der Waals surface area contributed by atoms with Crippen molar-refractivity contribution in [3.8, 4) is 0 Å². The number of thioether (sulfide) groups is 2. The molecule has 0 radical (unpaired) electrons. The van der Waals surface area contributed by atoms with Crippen LogP contribution in [0.3, 0.4) is 0 Å². The molecule has 23 heavy (non-hydrogen) atoms. The molecule has 0 spiro atoms. The number of nitrogens with one attached hydrogen (secondary N) is 2. The van der Waals surface area contributed by atoms with Crippen molar-refractivity contribution in [1.82, 2.24) is 10.6 Å². The van der Waals surface area contributed by atoms with Crippen LogP contribution in [-0.4, -0.2) is 57.8 Å². The fourth-order valence-corrected chi connectivity index (χ4v) is 5.45. The lowest BCUT2D eigenvalue weighted by atomic mass is 9.79. The van der Waals surface area contributed by atoms with Crippen molar-refractivity contribution in [3.63, 3.8) is 0 Å². The maximum atomic E-state index is 10.7. The van der Waals surface area contributed by atoms with Gasteiger partial charge in [-0.3, -0.25) is 4.99 Å². The average molecular weight is 473 g/mol. The highest BCUT2D eigenvalue weighted by atomic mass is 127. The second-order valence-corrected chi connectivity index (χ2v) is 9.70. The molecule has 4 nitrogen and oxygen atoms in total. The van der Waals surface area contributed by atoms with E-state index in [1.54, 1.807) is 0 Å². The molecule has 0 aromatic rings. The minimum Gasteiger partial charge on any atom is -0.387 e. The minimum absolute atomic E-state index is 0. The van der Waals surface area contributed by atoms with Gasteiger partial charge in [0.25, 0.3) is 0 Å². The molecule has 1 saturated heterocycles. The molecular formula is C16H32IN3OS2. The summed E-state index contributed by atoms with van der Waals surface area (Å²) in [5.74, 6) is 3.17. The predicted molar refractivity (Wildman–Crippen MR) is 116 cm³/mol. The van der Waals surface area contributed by atoms with Gasteiger partial charge in [-0.2, -0.15) is 23.5 Å². The van der Waals surface area contributed by atoms with E-state index < -0.39 is 5.60 Å². The van der Waals surface area contributed by atoms with E-state index in [4.69, 9.17) is 0 Å². The Morgan fingerprint density at radius 3 is 2.65 bits per heavy atom. The van der Waals surface area contributed by atoms with Crippen LogP contribution >= 0.6 is 47.5 Å². The molecule has 0 aromatic heterocycles. The minimum atomic E-state index is -0.602. The van der Waals surface area contributed by atoms with Crippen molar-refractivity contribution >= 4 is 53.5 Å². The Balaban J connectivity index is 0.00000264. The first-order chi connectivity index (χ1) is 10.5. The molecule has 7 heteroatoms. The molecule has 0 aromatic carbocycles. The van der Waals surface area contributed by atoms with Crippen LogP contribution < -0.4 is 10.6 Å². The standard InChI is InChI=1S/C16H31N3OS2.HI/c1-4-17-14(18-11-15(3)8-6-10-22-15)19-12-16(20)9-7-13(16)21-5-2;/h13,20H,4-12H2,1-3H3,(H2,17,18,19);1H. The third kappa shape index (κ3) is 6.15. The summed E-state index contributed by atoms with van der Waals surface area (Å²) in [6.45, 7) is 8.85. The molecule has 3 N–H and O–H groups in total. The van der Waals surface area contributed by atoms with E-state index in [-0.39, 0.29) is 24.0 Å². The lowest BCUT2D eigenvalue weighted by Crippen LogP contribution is -2.53. The average Bonchev–Trinajstić information content (AvgIpc) is 2.93. The first-order valence-electron chi connectivity index (χ1n) is 8.51. The van der Waals surface area contributed by atoms with Crippen LogP contribution in [0.15, 0.2) is 4.99 Å². The second-order valence-electron chi connectivity index (χ2n) is 6.54. The van der Waals surface area contributed by atoms with Gasteiger partial charge in [0.15, 0.2) is 5.96 Å². The molecule has 0 bridgehead atoms. The number of nitrogens with zero attached hydrogens (tertiary/aromatic N) is 1. The fourth-order valence-electron chi connectivity index (χ4n) is 3.02. The molecule has 2 rings (SSSR count). The van der Waals surface area contributed by atoms with Crippen molar-refractivity contribution in [2.24, 2.45) is 4.99 Å². The van der Waals surface area contributed by atoms with Gasteiger partial charge in [0, 0.05) is 23.1 Å². The van der Waals surface area contributed by atoms with E-state index in [1.807, 2.05) is 11.8 Å². The van der Waals surface area contributed by atoms with Gasteiger partial charge in [-0.25, -0.2) is 0 Å². The van der Waals surface area contributed by atoms with Crippen molar-refractivity contribution < 1.29 is 5.11 Å². The molecule has 0 amide bonds. The van der Waals surface area contributed by atoms with Gasteiger partial charge in [-0.1, -0.05) is 6.92 Å². The summed E-state index contributed by atoms with van der Waals surface area (Å²) in [6.07, 6.45) is 4.57. The zero-order valence-corrected chi connectivity index (χ0v) is 18.5. The number of rotatable bonds is 7. The molecule has 3 unspecified atom stereocenters. The van der Waals surface area contributed by atoms with Gasteiger partial charge >= 0.3 is 0 Å². The third-order valence-electron chi connectivity index (χ3n) is 4.59. The number of aliphatic imine (C=N–C) groups is 1. The normalized spacial score (nSPS) is 33.7. The third-order valence-corrected chi connectivity index (χ3v) is 7.54. The summed E-state index contributed by atoms with van der Waals surface area (Å²) >= 11 is 3.91. The summed E-state index contributed by atoms with van der Waals surface area (Å²) in [5.41, 5.74) is -0.602. The van der Waals surface area contributed by atoms with Crippen LogP contribution in [0.2, 0.25) is 0 Å². The maximum Gasteiger partial charge on any atom is 0.191 e. The smallest absolute Gasteiger partial charge is 0.191 e. The predicted octanol–water partition coefficient (Wildman–Crippen LogP) is 3.09. The molecule has 2 fully saturated rings. The van der Waals surface area contributed by atoms with Crippen LogP contribution in [0.4, 0.5) is 0 Å². The summed E-state index contributed by atoms with van der Waals surface area (Å²) < 4.78 is 0.324. The molecular weight excluding hydrogens is 441 g/mol. The van der Waals surface area contributed by atoms with Crippen molar-refractivity contribution in [2.75, 3.05) is 31.1 Å². The van der Waals surface area contributed by atoms with Crippen LogP contribution in [0.1, 0.15) is 46.5 Å². The lowest BCUT2D eigenvalue weighted by Gasteiger charge is -2.44. The van der Waals surface area contributed by atoms with Gasteiger partial charge in [0.05, 0.1) is 12.1 Å². The zero-order valence-electron chi connectivity index (χ0n) is 14.6. The highest BCUT2D eigenvalue weighted by molar-refractivity contribution is 14.0. The first-order valence-corrected chi connectivity index (χ1v) is 10.5. The van der Waals surface area contributed by atoms with E-state index in [1.165, 1.54) is 18.6 Å². The SMILES string of the molecule is CCNC(=NCC1(O)CCC1SCC)NCC1(C)CCCS1.I. The number of guanidine groups is 1. The summed E-state index contributed by atoms with van der Waals surface area (Å²) in [5, 5.41) is 17.8. The highest BCUT2D eigenvalue weighted by Gasteiger charge is 2.45. The van der Waals surface area contributed by atoms with Gasteiger partial charge in [-0.05, 0) is 51.0 Å². The van der Waals surface area contributed by atoms with Gasteiger partial charge in [0.1, 0.15) is 0 Å². The molecule has 1 aliphatic heterocycles. The van der Waals surface area contributed by atoms with Gasteiger partial charge in [0.2, 0.25) is 0 Å². The Hall–Kier alpha value is 0.660. The summed E-state index contributed by atoms with van der Waals surface area (Å²) in [7, 11) is 0. The molecule has 1 heterocycles. The number of hydrogen-bond donors (Lipinski definition) is 3. The zero-order chi connectivity index (χ0) is 16.1. The van der Waals surface area contributed by atoms with E-state index in [9.17, 15) is 5.11 Å². The van der Waals surface area contributed by atoms with Crippen LogP contribution in [-0.2, 0) is 0 Å². The van der Waals surface area contributed by atoms with Crippen molar-refractivity contribution in [1.29, 1.82) is 0 Å². The van der Waals surface area contributed by atoms with E-state index in [0.29, 0.717) is 16.5 Å². The van der Waals surface area contributed by atoms with Gasteiger partial charge in [-0.15, -0.1) is 24.0 Å².